The second-order valence-electron chi connectivity index (χ2n) is 9.77. The van der Waals surface area contributed by atoms with Gasteiger partial charge in [-0.1, -0.05) is 65.9 Å². The number of nitrogens with one attached hydrogen (secondary N) is 1. The number of aryl methyl sites for hydroxylation is 2. The minimum absolute atomic E-state index is 0.0526. The molecule has 29 heavy (non-hydrogen) atoms. The Bertz CT molecular complexity index is 691. The third kappa shape index (κ3) is 5.97. The molecule has 1 amide bonds. The maximum atomic E-state index is 12.8. The molecule has 0 saturated carbocycles. The molecule has 164 valence electrons. The first-order chi connectivity index (χ1) is 13.7. The second-order valence-corrected chi connectivity index (χ2v) is 9.77. The lowest BCUT2D eigenvalue weighted by molar-refractivity contribution is -0.123. The molecule has 1 atom stereocenters. The van der Waals surface area contributed by atoms with Crippen LogP contribution in [0.1, 0.15) is 95.2 Å². The summed E-state index contributed by atoms with van der Waals surface area (Å²) in [4.78, 5) is 15.2. The Labute approximate surface area is 178 Å². The van der Waals surface area contributed by atoms with Crippen molar-refractivity contribution in [3.63, 3.8) is 0 Å². The van der Waals surface area contributed by atoms with Gasteiger partial charge in [0.05, 0.1) is 11.4 Å². The zero-order valence-corrected chi connectivity index (χ0v) is 19.5. The molecule has 0 spiro atoms. The molecule has 0 aliphatic carbocycles. The van der Waals surface area contributed by atoms with Gasteiger partial charge in [-0.15, -0.1) is 0 Å². The van der Waals surface area contributed by atoms with Crippen molar-refractivity contribution in [2.45, 2.75) is 92.4 Å². The van der Waals surface area contributed by atoms with Gasteiger partial charge in [-0.25, -0.2) is 0 Å². The van der Waals surface area contributed by atoms with Gasteiger partial charge in [-0.3, -0.25) is 4.79 Å². The van der Waals surface area contributed by atoms with Gasteiger partial charge < -0.3 is 15.3 Å². The summed E-state index contributed by atoms with van der Waals surface area (Å²) in [7, 11) is 0. The Hall–Kier alpha value is -1.55. The molecule has 1 heterocycles. The van der Waals surface area contributed by atoms with Gasteiger partial charge in [0, 0.05) is 31.0 Å². The van der Waals surface area contributed by atoms with E-state index in [0.717, 1.165) is 30.8 Å². The number of hydrogen-bond acceptors (Lipinski definition) is 3. The monoisotopic (exact) mass is 402 g/mol. The van der Waals surface area contributed by atoms with Crippen LogP contribution in [0.5, 0.6) is 0 Å². The van der Waals surface area contributed by atoms with Crippen LogP contribution in [0.4, 0.5) is 11.4 Å². The molecule has 1 aromatic carbocycles. The molecule has 1 aliphatic heterocycles. The highest BCUT2D eigenvalue weighted by Gasteiger charge is 2.34. The van der Waals surface area contributed by atoms with Gasteiger partial charge in [0.1, 0.15) is 0 Å². The number of aliphatic hydroxyl groups excluding tert-OH is 1. The van der Waals surface area contributed by atoms with Crippen molar-refractivity contribution < 1.29 is 9.90 Å². The van der Waals surface area contributed by atoms with Crippen LogP contribution in [0, 0.1) is 19.3 Å². The Balaban J connectivity index is 2.29. The summed E-state index contributed by atoms with van der Waals surface area (Å²) in [5, 5.41) is 12.9. The number of aliphatic hydroxyl groups is 1. The minimum atomic E-state index is -0.433. The lowest BCUT2D eigenvalue weighted by atomic mass is 9.91. The summed E-state index contributed by atoms with van der Waals surface area (Å²) in [6.07, 6.45) is 8.43. The topological polar surface area (TPSA) is 52.6 Å². The summed E-state index contributed by atoms with van der Waals surface area (Å²) >= 11 is 0. The molecular weight excluding hydrogens is 360 g/mol. The highest BCUT2D eigenvalue weighted by atomic mass is 16.3. The number of nitrogens with zero attached hydrogens (tertiary/aromatic N) is 1. The number of carbonyl (C=O) groups excluding carboxylic acids is 1. The fourth-order valence-electron chi connectivity index (χ4n) is 4.41. The zero-order chi connectivity index (χ0) is 21.6. The molecule has 0 radical (unpaired) electrons. The van der Waals surface area contributed by atoms with Crippen LogP contribution in [-0.2, 0) is 4.79 Å². The lowest BCUT2D eigenvalue weighted by Gasteiger charge is -2.26. The maximum Gasteiger partial charge on any atom is 0.229 e. The highest BCUT2D eigenvalue weighted by molar-refractivity contribution is 5.99. The molecule has 4 nitrogen and oxygen atoms in total. The third-order valence-electron chi connectivity index (χ3n) is 6.09. The largest absolute Gasteiger partial charge is 0.396 e. The van der Waals surface area contributed by atoms with Crippen molar-refractivity contribution in [1.29, 1.82) is 0 Å². The first kappa shape index (κ1) is 23.7. The molecule has 1 aromatic rings. The summed E-state index contributed by atoms with van der Waals surface area (Å²) in [5.74, 6) is 0.387. The summed E-state index contributed by atoms with van der Waals surface area (Å²) in [6.45, 7) is 14.5. The van der Waals surface area contributed by atoms with Crippen molar-refractivity contribution >= 4 is 17.3 Å². The van der Waals surface area contributed by atoms with Crippen molar-refractivity contribution in [1.82, 2.24) is 0 Å². The first-order valence-corrected chi connectivity index (χ1v) is 11.5. The van der Waals surface area contributed by atoms with E-state index in [-0.39, 0.29) is 12.5 Å². The number of unbranched alkanes of at least 4 members (excludes halogenated alkanes) is 5. The average molecular weight is 403 g/mol. The van der Waals surface area contributed by atoms with Crippen molar-refractivity contribution in [2.24, 2.45) is 5.41 Å². The molecule has 0 aromatic heterocycles. The van der Waals surface area contributed by atoms with Gasteiger partial charge in [0.2, 0.25) is 5.91 Å². The van der Waals surface area contributed by atoms with Crippen LogP contribution in [0.15, 0.2) is 6.07 Å². The van der Waals surface area contributed by atoms with Crippen LogP contribution in [0.25, 0.3) is 0 Å². The summed E-state index contributed by atoms with van der Waals surface area (Å²) in [5.41, 5.74) is 5.45. The fourth-order valence-corrected chi connectivity index (χ4v) is 4.41. The third-order valence-corrected chi connectivity index (χ3v) is 6.09. The second kappa shape index (κ2) is 10.5. The van der Waals surface area contributed by atoms with Crippen LogP contribution < -0.4 is 10.2 Å². The van der Waals surface area contributed by atoms with Gasteiger partial charge in [0.25, 0.3) is 0 Å². The first-order valence-electron chi connectivity index (χ1n) is 11.5. The Morgan fingerprint density at radius 3 is 2.41 bits per heavy atom. The molecule has 2 N–H and O–H groups in total. The van der Waals surface area contributed by atoms with E-state index in [0.29, 0.717) is 5.92 Å². The van der Waals surface area contributed by atoms with Crippen LogP contribution in [-0.4, -0.2) is 30.7 Å². The van der Waals surface area contributed by atoms with Gasteiger partial charge >= 0.3 is 0 Å². The minimum Gasteiger partial charge on any atom is -0.396 e. The molecular formula is C25H42N2O2. The number of benzene rings is 1. The fraction of sp³-hybridized carbons (Fsp3) is 0.720. The van der Waals surface area contributed by atoms with Crippen molar-refractivity contribution in [3.8, 4) is 0 Å². The van der Waals surface area contributed by atoms with E-state index in [1.807, 2.05) is 20.8 Å². The van der Waals surface area contributed by atoms with Crippen LogP contribution >= 0.6 is 0 Å². The Morgan fingerprint density at radius 2 is 1.79 bits per heavy atom. The molecule has 0 fully saturated rings. The standard InChI is InChI=1S/C25H42N2O2/c1-7-8-9-10-11-12-14-27-17-20(13-15-28)21-18(2)16-19(3)22(23(21)27)26-24(29)25(4,5)6/h16,20,28H,7-15,17H2,1-6H3,(H,26,29). The summed E-state index contributed by atoms with van der Waals surface area (Å²) < 4.78 is 0. The predicted octanol–water partition coefficient (Wildman–Crippen LogP) is 5.93. The van der Waals surface area contributed by atoms with E-state index in [9.17, 15) is 9.90 Å². The smallest absolute Gasteiger partial charge is 0.229 e. The van der Waals surface area contributed by atoms with E-state index in [1.165, 1.54) is 55.3 Å². The van der Waals surface area contributed by atoms with Gasteiger partial charge in [0.15, 0.2) is 0 Å². The number of rotatable bonds is 10. The predicted molar refractivity (Wildman–Crippen MR) is 124 cm³/mol. The van der Waals surface area contributed by atoms with E-state index in [1.54, 1.807) is 0 Å². The number of carbonyl (C=O) groups is 1. The zero-order valence-electron chi connectivity index (χ0n) is 19.5. The highest BCUT2D eigenvalue weighted by Crippen LogP contribution is 2.46. The van der Waals surface area contributed by atoms with E-state index < -0.39 is 5.41 Å². The van der Waals surface area contributed by atoms with E-state index >= 15 is 0 Å². The van der Waals surface area contributed by atoms with Crippen LogP contribution in [0.3, 0.4) is 0 Å². The molecule has 2 rings (SSSR count). The summed E-state index contributed by atoms with van der Waals surface area (Å²) in [6, 6.07) is 2.19. The number of fused-ring (bicyclic) bond motifs is 1. The van der Waals surface area contributed by atoms with Crippen molar-refractivity contribution in [2.75, 3.05) is 29.9 Å². The molecule has 0 saturated heterocycles. The lowest BCUT2D eigenvalue weighted by Crippen LogP contribution is -2.30. The number of amides is 1. The van der Waals surface area contributed by atoms with E-state index in [2.05, 4.69) is 37.1 Å². The molecule has 0 bridgehead atoms. The maximum absolute atomic E-state index is 12.8. The molecule has 1 unspecified atom stereocenters. The average Bonchev–Trinajstić information content (AvgIpc) is 2.99. The SMILES string of the molecule is CCCCCCCCN1CC(CCO)c2c(C)cc(C)c(NC(=O)C(C)(C)C)c21. The normalized spacial score (nSPS) is 16.2. The van der Waals surface area contributed by atoms with E-state index in [4.69, 9.17) is 0 Å². The van der Waals surface area contributed by atoms with Crippen LogP contribution in [0.2, 0.25) is 0 Å². The quantitative estimate of drug-likeness (QED) is 0.477. The molecule has 1 aliphatic rings. The van der Waals surface area contributed by atoms with Gasteiger partial charge in [-0.2, -0.15) is 0 Å². The Morgan fingerprint density at radius 1 is 1.14 bits per heavy atom. The molecule has 4 heteroatoms. The number of hydrogen-bond donors (Lipinski definition) is 2. The Kier molecular flexibility index (Phi) is 8.57. The van der Waals surface area contributed by atoms with Gasteiger partial charge in [-0.05, 0) is 43.4 Å². The van der Waals surface area contributed by atoms with Crippen molar-refractivity contribution in [3.05, 3.63) is 22.8 Å². The number of anilines is 2.